The van der Waals surface area contributed by atoms with Crippen LogP contribution in [0.5, 0.6) is 0 Å². The first kappa shape index (κ1) is 26.1. The number of hydrogen-bond acceptors (Lipinski definition) is 2. The number of benzene rings is 2. The van der Waals surface area contributed by atoms with Crippen LogP contribution in [0.4, 0.5) is 21.0 Å². The lowest BCUT2D eigenvalue weighted by Crippen LogP contribution is -2.01. The minimum Gasteiger partial charge on any atom is -0.317 e. The summed E-state index contributed by atoms with van der Waals surface area (Å²) in [5.74, 6) is 0.833. The molecule has 0 bridgehead atoms. The molecule has 2 aromatic rings. The van der Waals surface area contributed by atoms with Crippen LogP contribution in [0, 0.1) is 5.92 Å². The van der Waals surface area contributed by atoms with Crippen molar-refractivity contribution < 1.29 is 9.59 Å². The highest BCUT2D eigenvalue weighted by atomic mass is 32.1. The van der Waals surface area contributed by atoms with Gasteiger partial charge in [0, 0.05) is 11.4 Å². The van der Waals surface area contributed by atoms with E-state index in [2.05, 4.69) is 70.5 Å². The summed E-state index contributed by atoms with van der Waals surface area (Å²) in [7, 11) is 0. The SMILES string of the molecule is CC(C)C.CCC.O=C(S)Nc1ccc(Cc2ccc(NC(=O)S)cc2)cc1. The Morgan fingerprint density at radius 3 is 1.21 bits per heavy atom. The molecule has 2 N–H and O–H groups in total. The molecule has 2 aromatic carbocycles. The van der Waals surface area contributed by atoms with Crippen LogP contribution in [0.15, 0.2) is 48.5 Å². The summed E-state index contributed by atoms with van der Waals surface area (Å²) in [5, 5.41) is 4.43. The van der Waals surface area contributed by atoms with Gasteiger partial charge in [-0.3, -0.25) is 9.59 Å². The van der Waals surface area contributed by atoms with E-state index in [1.807, 2.05) is 48.5 Å². The van der Waals surface area contributed by atoms with E-state index < -0.39 is 0 Å². The molecule has 0 heterocycles. The summed E-state index contributed by atoms with van der Waals surface area (Å²) < 4.78 is 0. The van der Waals surface area contributed by atoms with Crippen molar-refractivity contribution >= 4 is 47.1 Å². The van der Waals surface area contributed by atoms with Crippen LogP contribution in [0.2, 0.25) is 0 Å². The van der Waals surface area contributed by atoms with Gasteiger partial charge in [0.25, 0.3) is 10.5 Å². The maximum absolute atomic E-state index is 10.8. The summed E-state index contributed by atoms with van der Waals surface area (Å²) in [6, 6.07) is 15.1. The molecule has 6 heteroatoms. The first-order valence-electron chi connectivity index (χ1n) is 9.35. The van der Waals surface area contributed by atoms with Crippen molar-refractivity contribution in [2.75, 3.05) is 10.6 Å². The highest BCUT2D eigenvalue weighted by molar-refractivity contribution is 7.97. The van der Waals surface area contributed by atoms with Crippen LogP contribution >= 0.6 is 25.3 Å². The number of rotatable bonds is 4. The molecule has 28 heavy (non-hydrogen) atoms. The van der Waals surface area contributed by atoms with E-state index in [4.69, 9.17) is 0 Å². The van der Waals surface area contributed by atoms with Crippen molar-refractivity contribution in [1.82, 2.24) is 0 Å². The fourth-order valence-corrected chi connectivity index (χ4v) is 2.15. The first-order valence-corrected chi connectivity index (χ1v) is 10.2. The number of amides is 2. The van der Waals surface area contributed by atoms with E-state index in [1.54, 1.807) is 0 Å². The molecule has 2 rings (SSSR count). The van der Waals surface area contributed by atoms with Crippen LogP contribution in [-0.2, 0) is 6.42 Å². The fraction of sp³-hybridized carbons (Fsp3) is 0.364. The lowest BCUT2D eigenvalue weighted by molar-refractivity contribution is 0.269. The quantitative estimate of drug-likeness (QED) is 0.393. The van der Waals surface area contributed by atoms with E-state index >= 15 is 0 Å². The van der Waals surface area contributed by atoms with Crippen LogP contribution < -0.4 is 10.6 Å². The van der Waals surface area contributed by atoms with Crippen LogP contribution in [-0.4, -0.2) is 10.5 Å². The molecule has 0 fully saturated rings. The molecule has 2 amide bonds. The molecule has 0 aliphatic heterocycles. The van der Waals surface area contributed by atoms with Gasteiger partial charge in [0.05, 0.1) is 0 Å². The van der Waals surface area contributed by atoms with Gasteiger partial charge in [-0.05, 0) is 47.7 Å². The Labute approximate surface area is 180 Å². The molecule has 0 aromatic heterocycles. The molecule has 0 saturated carbocycles. The minimum atomic E-state index is -0.385. The molecule has 0 aliphatic carbocycles. The predicted molar refractivity (Wildman–Crippen MR) is 128 cm³/mol. The Bertz CT molecular complexity index is 639. The molecular formula is C22H32N2O2S2. The third-order valence-corrected chi connectivity index (χ3v) is 3.04. The zero-order valence-corrected chi connectivity index (χ0v) is 19.1. The van der Waals surface area contributed by atoms with E-state index in [0.717, 1.165) is 23.5 Å². The third-order valence-electron chi connectivity index (χ3n) is 2.82. The van der Waals surface area contributed by atoms with Crippen molar-refractivity contribution in [2.24, 2.45) is 5.92 Å². The average molecular weight is 421 g/mol. The fourth-order valence-electron chi connectivity index (χ4n) is 1.89. The highest BCUT2D eigenvalue weighted by Crippen LogP contribution is 2.16. The molecule has 154 valence electrons. The lowest BCUT2D eigenvalue weighted by atomic mass is 10.0. The van der Waals surface area contributed by atoms with Gasteiger partial charge in [-0.25, -0.2) is 0 Å². The van der Waals surface area contributed by atoms with E-state index in [0.29, 0.717) is 11.4 Å². The maximum Gasteiger partial charge on any atom is 0.280 e. The number of carbonyl (C=O) groups is 2. The average Bonchev–Trinajstić information content (AvgIpc) is 2.58. The van der Waals surface area contributed by atoms with E-state index in [-0.39, 0.29) is 10.5 Å². The molecule has 0 saturated heterocycles. The number of thiol groups is 2. The largest absolute Gasteiger partial charge is 0.317 e. The van der Waals surface area contributed by atoms with Gasteiger partial charge >= 0.3 is 0 Å². The molecule has 0 spiro atoms. The molecule has 4 nitrogen and oxygen atoms in total. The van der Waals surface area contributed by atoms with Gasteiger partial charge in [0.1, 0.15) is 0 Å². The van der Waals surface area contributed by atoms with Crippen molar-refractivity contribution in [3.8, 4) is 0 Å². The van der Waals surface area contributed by atoms with Crippen LogP contribution in [0.25, 0.3) is 0 Å². The van der Waals surface area contributed by atoms with Gasteiger partial charge in [-0.15, -0.1) is 0 Å². The topological polar surface area (TPSA) is 58.2 Å². The Balaban J connectivity index is 0.000000904. The molecule has 0 atom stereocenters. The van der Waals surface area contributed by atoms with Gasteiger partial charge in [0.15, 0.2) is 0 Å². The molecule has 0 radical (unpaired) electrons. The Hall–Kier alpha value is -1.92. The smallest absolute Gasteiger partial charge is 0.280 e. The van der Waals surface area contributed by atoms with Gasteiger partial charge in [-0.1, -0.05) is 90.6 Å². The second-order valence-electron chi connectivity index (χ2n) is 6.87. The zero-order valence-electron chi connectivity index (χ0n) is 17.3. The van der Waals surface area contributed by atoms with Gasteiger partial charge in [-0.2, -0.15) is 0 Å². The molecule has 0 unspecified atom stereocenters. The zero-order chi connectivity index (χ0) is 21.5. The Morgan fingerprint density at radius 1 is 0.750 bits per heavy atom. The van der Waals surface area contributed by atoms with Gasteiger partial charge in [0.2, 0.25) is 0 Å². The minimum absolute atomic E-state index is 0.385. The normalized spacial score (nSPS) is 9.43. The standard InChI is InChI=1S/C15H14N2O2S2.C4H10.C3H8/c18-14(20)16-12-5-1-10(2-6-12)9-11-3-7-13(8-4-11)17-15(19)21;1-4(2)3;1-3-2/h1-8H,9H2,(H2,16,18,20)(H2,17,19,21);4H,1-3H3;3H2,1-2H3. The van der Waals surface area contributed by atoms with Crippen molar-refractivity contribution in [2.45, 2.75) is 47.5 Å². The number of nitrogens with one attached hydrogen (secondary N) is 2. The first-order chi connectivity index (χ1) is 13.2. The summed E-state index contributed by atoms with van der Waals surface area (Å²) in [6.07, 6.45) is 2.02. The monoisotopic (exact) mass is 420 g/mol. The third kappa shape index (κ3) is 14.2. The summed E-state index contributed by atoms with van der Waals surface area (Å²) in [6.45, 7) is 10.8. The number of carbonyl (C=O) groups excluding carboxylic acids is 2. The lowest BCUT2D eigenvalue weighted by Gasteiger charge is -2.06. The van der Waals surface area contributed by atoms with Crippen molar-refractivity contribution in [1.29, 1.82) is 0 Å². The van der Waals surface area contributed by atoms with Gasteiger partial charge < -0.3 is 10.6 Å². The number of hydrogen-bond donors (Lipinski definition) is 4. The van der Waals surface area contributed by atoms with E-state index in [1.165, 1.54) is 6.42 Å². The van der Waals surface area contributed by atoms with Crippen LogP contribution in [0.3, 0.4) is 0 Å². The summed E-state index contributed by atoms with van der Waals surface area (Å²) in [5.41, 5.74) is 3.67. The van der Waals surface area contributed by atoms with Crippen molar-refractivity contribution in [3.63, 3.8) is 0 Å². The summed E-state index contributed by atoms with van der Waals surface area (Å²) in [4.78, 5) is 21.6. The van der Waals surface area contributed by atoms with E-state index in [9.17, 15) is 9.59 Å². The molecule has 0 aliphatic rings. The predicted octanol–water partition coefficient (Wildman–Crippen LogP) is 7.28. The maximum atomic E-state index is 10.8. The highest BCUT2D eigenvalue weighted by Gasteiger charge is 2.00. The second kappa shape index (κ2) is 15.1. The molecular weight excluding hydrogens is 388 g/mol. The Morgan fingerprint density at radius 2 is 1.00 bits per heavy atom. The second-order valence-corrected chi connectivity index (χ2v) is 7.68. The summed E-state index contributed by atoms with van der Waals surface area (Å²) >= 11 is 7.33. The number of anilines is 2. The Kier molecular flexibility index (Phi) is 14.0. The van der Waals surface area contributed by atoms with Crippen molar-refractivity contribution in [3.05, 3.63) is 59.7 Å². The van der Waals surface area contributed by atoms with Crippen LogP contribution in [0.1, 0.15) is 52.2 Å².